The van der Waals surface area contributed by atoms with Crippen LogP contribution in [0.25, 0.3) is 4.85 Å². The maximum atomic E-state index is 7.23. The van der Waals surface area contributed by atoms with Gasteiger partial charge in [0.25, 0.3) is 0 Å². The van der Waals surface area contributed by atoms with E-state index in [-0.39, 0.29) is 0 Å². The molecule has 0 aliphatic rings. The molecule has 1 aromatic rings. The summed E-state index contributed by atoms with van der Waals surface area (Å²) in [5, 5.41) is 0.908. The molecule has 0 fully saturated rings. The quantitative estimate of drug-likeness (QED) is 0.319. The first kappa shape index (κ1) is 18.0. The van der Waals surface area contributed by atoms with E-state index < -0.39 is 18.4 Å². The molecule has 0 saturated heterocycles. The zero-order valence-electron chi connectivity index (χ0n) is 13.4. The molecule has 1 heterocycles. The summed E-state index contributed by atoms with van der Waals surface area (Å²) in [6.45, 7) is 14.2. The van der Waals surface area contributed by atoms with Crippen molar-refractivity contribution in [2.45, 2.75) is 72.6 Å². The van der Waals surface area contributed by atoms with E-state index in [1.165, 1.54) is 51.8 Å². The van der Waals surface area contributed by atoms with Gasteiger partial charge in [-0.3, -0.25) is 0 Å². The molecule has 0 radical (unpaired) electrons. The van der Waals surface area contributed by atoms with Crippen molar-refractivity contribution >= 4 is 37.6 Å². The maximum absolute atomic E-state index is 7.23. The third-order valence-corrected chi connectivity index (χ3v) is 23.5. The number of rotatable bonds is 10. The van der Waals surface area contributed by atoms with E-state index in [1.807, 2.05) is 11.3 Å². The Balaban J connectivity index is 3.01. The van der Waals surface area contributed by atoms with Crippen LogP contribution in [0.15, 0.2) is 12.1 Å². The van der Waals surface area contributed by atoms with Crippen LogP contribution in [0, 0.1) is 6.57 Å². The minimum atomic E-state index is -2.22. The van der Waals surface area contributed by atoms with Crippen molar-refractivity contribution in [1.29, 1.82) is 0 Å². The fourth-order valence-electron chi connectivity index (χ4n) is 2.96. The molecule has 1 rings (SSSR count). The second-order valence-electron chi connectivity index (χ2n) is 5.84. The van der Waals surface area contributed by atoms with E-state index in [4.69, 9.17) is 6.57 Å². The summed E-state index contributed by atoms with van der Waals surface area (Å²) >= 11 is -0.394. The van der Waals surface area contributed by atoms with Gasteiger partial charge in [0.05, 0.1) is 0 Å². The van der Waals surface area contributed by atoms with Gasteiger partial charge in [0.15, 0.2) is 0 Å². The zero-order chi connectivity index (χ0) is 14.8. The third-order valence-electron chi connectivity index (χ3n) is 4.25. The van der Waals surface area contributed by atoms with Gasteiger partial charge in [0, 0.05) is 0 Å². The normalized spacial score (nSPS) is 11.5. The summed E-state index contributed by atoms with van der Waals surface area (Å²) in [5.41, 5.74) is 0. The molecule has 1 aromatic heterocycles. The molecule has 1 nitrogen and oxygen atoms in total. The molecule has 0 aliphatic carbocycles. The van der Waals surface area contributed by atoms with Crippen molar-refractivity contribution < 1.29 is 0 Å². The zero-order valence-corrected chi connectivity index (χ0v) is 17.0. The van der Waals surface area contributed by atoms with Crippen molar-refractivity contribution in [2.24, 2.45) is 0 Å². The molecule has 0 amide bonds. The number of hydrogen-bond donors (Lipinski definition) is 0. The summed E-state index contributed by atoms with van der Waals surface area (Å²) in [6, 6.07) is 4.40. The molecule has 0 aromatic carbocycles. The second-order valence-corrected chi connectivity index (χ2v) is 21.1. The molecule has 0 unspecified atom stereocenters. The summed E-state index contributed by atoms with van der Waals surface area (Å²) in [5.74, 6) is 0. The molecule has 112 valence electrons. The number of nitrogens with zero attached hydrogens (tertiary/aromatic N) is 1. The van der Waals surface area contributed by atoms with Crippen molar-refractivity contribution in [2.75, 3.05) is 0 Å². The van der Waals surface area contributed by atoms with Gasteiger partial charge in [-0.25, -0.2) is 0 Å². The van der Waals surface area contributed by atoms with E-state index in [2.05, 4.69) is 37.7 Å². The Kier molecular flexibility index (Phi) is 8.88. The van der Waals surface area contributed by atoms with Crippen LogP contribution in [-0.4, -0.2) is 18.4 Å². The van der Waals surface area contributed by atoms with E-state index in [0.29, 0.717) is 0 Å². The van der Waals surface area contributed by atoms with E-state index in [9.17, 15) is 0 Å². The van der Waals surface area contributed by atoms with E-state index >= 15 is 0 Å². The molecule has 0 atom stereocenters. The Morgan fingerprint density at radius 3 is 1.80 bits per heavy atom. The Morgan fingerprint density at radius 2 is 1.45 bits per heavy atom. The predicted molar refractivity (Wildman–Crippen MR) is 95.1 cm³/mol. The number of hydrogen-bond acceptors (Lipinski definition) is 1. The number of thiophene rings is 1. The SMILES string of the molecule is [C-]#[N+]c1cc[c]([Sn]([CH2]CCC)([CH2]CCC)[CH2]CCC)s1. The standard InChI is InChI=1S/C5H2NS.3C4H9.Sn/c1-6-5-3-2-4-7-5;3*1-3-4-2;/h2-3H;3*1,3-4H2,2H3;. The van der Waals surface area contributed by atoms with Crippen LogP contribution in [-0.2, 0) is 0 Å². The fraction of sp³-hybridized carbons (Fsp3) is 0.706. The Morgan fingerprint density at radius 1 is 0.950 bits per heavy atom. The Labute approximate surface area is 133 Å². The molecule has 0 bridgehead atoms. The van der Waals surface area contributed by atoms with Crippen molar-refractivity contribution in [1.82, 2.24) is 0 Å². The fourth-order valence-corrected chi connectivity index (χ4v) is 22.8. The summed E-state index contributed by atoms with van der Waals surface area (Å²) < 4.78 is 6.19. The first-order valence-electron chi connectivity index (χ1n) is 8.20. The summed E-state index contributed by atoms with van der Waals surface area (Å²) in [7, 11) is 0. The monoisotopic (exact) mass is 399 g/mol. The predicted octanol–water partition coefficient (Wildman–Crippen LogP) is 6.35. The molecule has 3 heteroatoms. The van der Waals surface area contributed by atoms with Crippen LogP contribution < -0.4 is 2.89 Å². The molecule has 0 spiro atoms. The van der Waals surface area contributed by atoms with Crippen LogP contribution >= 0.6 is 11.3 Å². The Bertz CT molecular complexity index is 397. The van der Waals surface area contributed by atoms with Gasteiger partial charge in [-0.1, -0.05) is 0 Å². The first-order valence-corrected chi connectivity index (χ1v) is 16.5. The van der Waals surface area contributed by atoms with Crippen molar-refractivity contribution in [3.8, 4) is 0 Å². The molecule has 0 saturated carbocycles. The van der Waals surface area contributed by atoms with Crippen LogP contribution in [0.1, 0.15) is 59.3 Å². The average Bonchev–Trinajstić information content (AvgIpc) is 2.96. The van der Waals surface area contributed by atoms with Gasteiger partial charge in [-0.2, -0.15) is 0 Å². The van der Waals surface area contributed by atoms with Crippen LogP contribution in [0.5, 0.6) is 0 Å². The van der Waals surface area contributed by atoms with Crippen LogP contribution in [0.2, 0.25) is 13.3 Å². The topological polar surface area (TPSA) is 4.36 Å². The van der Waals surface area contributed by atoms with Gasteiger partial charge in [0.2, 0.25) is 0 Å². The average molecular weight is 398 g/mol. The second kappa shape index (κ2) is 9.84. The number of unbranched alkanes of at least 4 members (excludes halogenated alkanes) is 3. The first-order chi connectivity index (χ1) is 9.72. The molecular formula is C17H29NSSn. The van der Waals surface area contributed by atoms with Crippen molar-refractivity contribution in [3.05, 3.63) is 23.5 Å². The van der Waals surface area contributed by atoms with Crippen LogP contribution in [0.4, 0.5) is 5.00 Å². The molecule has 0 N–H and O–H groups in total. The molecule has 20 heavy (non-hydrogen) atoms. The molecule has 0 aliphatic heterocycles. The molecular weight excluding hydrogens is 369 g/mol. The Hall–Kier alpha value is -0.0113. The van der Waals surface area contributed by atoms with Crippen LogP contribution in [0.3, 0.4) is 0 Å². The van der Waals surface area contributed by atoms with Gasteiger partial charge >= 0.3 is 134 Å². The van der Waals surface area contributed by atoms with E-state index in [1.54, 1.807) is 2.89 Å². The van der Waals surface area contributed by atoms with Gasteiger partial charge < -0.3 is 0 Å². The summed E-state index contributed by atoms with van der Waals surface area (Å²) in [6.07, 6.45) is 8.15. The third kappa shape index (κ3) is 5.07. The van der Waals surface area contributed by atoms with Gasteiger partial charge in [-0.15, -0.1) is 0 Å². The minimum absolute atomic E-state index is 0.908. The van der Waals surface area contributed by atoms with E-state index in [0.717, 1.165) is 5.00 Å². The van der Waals surface area contributed by atoms with Gasteiger partial charge in [0.1, 0.15) is 0 Å². The summed E-state index contributed by atoms with van der Waals surface area (Å²) in [4.78, 5) is 3.65. The van der Waals surface area contributed by atoms with Gasteiger partial charge in [-0.05, 0) is 0 Å². The van der Waals surface area contributed by atoms with Crippen molar-refractivity contribution in [3.63, 3.8) is 0 Å².